The standard InChI is InChI=1S/C13H9F9N2OS/c1-3-6-5(2)26-8(7(6)4-23)24-9(25)10(14,15)11(16,17)12(18,19)13(20,21)22/h3H2,1-2H3,(H,24,25). The van der Waals surface area contributed by atoms with Gasteiger partial charge in [0.15, 0.2) is 0 Å². The van der Waals surface area contributed by atoms with Gasteiger partial charge in [-0.3, -0.25) is 4.79 Å². The lowest BCUT2D eigenvalue weighted by Crippen LogP contribution is -2.64. The third-order valence-electron chi connectivity index (χ3n) is 3.33. The number of aryl methyl sites for hydroxylation is 1. The van der Waals surface area contributed by atoms with Crippen molar-refractivity contribution in [3.63, 3.8) is 0 Å². The van der Waals surface area contributed by atoms with Gasteiger partial charge in [0.2, 0.25) is 0 Å². The number of nitrogens with zero attached hydrogens (tertiary/aromatic N) is 1. The molecule has 1 aromatic heterocycles. The summed E-state index contributed by atoms with van der Waals surface area (Å²) in [6.07, 6.45) is -6.83. The quantitative estimate of drug-likeness (QED) is 0.700. The van der Waals surface area contributed by atoms with Crippen LogP contribution in [0.25, 0.3) is 0 Å². The Morgan fingerprint density at radius 3 is 1.96 bits per heavy atom. The SMILES string of the molecule is CCc1c(C)sc(NC(=O)C(F)(F)C(F)(F)C(F)(F)C(F)(F)F)c1C#N. The summed E-state index contributed by atoms with van der Waals surface area (Å²) in [5, 5.41) is 9.45. The second-order valence-corrected chi connectivity index (χ2v) is 6.21. The van der Waals surface area contributed by atoms with E-state index in [2.05, 4.69) is 0 Å². The predicted octanol–water partition coefficient (Wildman–Crippen LogP) is 4.90. The summed E-state index contributed by atoms with van der Waals surface area (Å²) in [7, 11) is 0. The number of anilines is 1. The molecule has 0 aromatic carbocycles. The molecule has 0 aliphatic rings. The number of carbonyl (C=O) groups is 1. The number of rotatable bonds is 5. The van der Waals surface area contributed by atoms with Crippen LogP contribution in [-0.2, 0) is 11.2 Å². The molecule has 0 unspecified atom stereocenters. The summed E-state index contributed by atoms with van der Waals surface area (Å²) in [6.45, 7) is 2.96. The zero-order valence-corrected chi connectivity index (χ0v) is 13.7. The Hall–Kier alpha value is -1.97. The van der Waals surface area contributed by atoms with Crippen LogP contribution in [0.3, 0.4) is 0 Å². The normalized spacial score (nSPS) is 13.5. The molecular weight excluding hydrogens is 403 g/mol. The molecule has 0 saturated heterocycles. The van der Waals surface area contributed by atoms with Crippen LogP contribution in [-0.4, -0.2) is 29.9 Å². The van der Waals surface area contributed by atoms with Crippen molar-refractivity contribution in [3.8, 4) is 6.07 Å². The summed E-state index contributed by atoms with van der Waals surface area (Å²) >= 11 is 0.516. The van der Waals surface area contributed by atoms with Gasteiger partial charge in [0.25, 0.3) is 0 Å². The van der Waals surface area contributed by atoms with Crippen LogP contribution in [0, 0.1) is 18.3 Å². The van der Waals surface area contributed by atoms with Gasteiger partial charge in [-0.25, -0.2) is 0 Å². The van der Waals surface area contributed by atoms with Crippen molar-refractivity contribution in [2.75, 3.05) is 5.32 Å². The first-order chi connectivity index (χ1) is 11.6. The third kappa shape index (κ3) is 3.22. The summed E-state index contributed by atoms with van der Waals surface area (Å²) in [4.78, 5) is 11.7. The number of alkyl halides is 9. The molecule has 26 heavy (non-hydrogen) atoms. The molecule has 1 amide bonds. The highest BCUT2D eigenvalue weighted by Crippen LogP contribution is 2.53. The predicted molar refractivity (Wildman–Crippen MR) is 72.7 cm³/mol. The molecule has 0 radical (unpaired) electrons. The number of hydrogen-bond donors (Lipinski definition) is 1. The first-order valence-corrected chi connectivity index (χ1v) is 7.41. The molecule has 0 saturated carbocycles. The average molecular weight is 412 g/mol. The molecule has 146 valence electrons. The highest BCUT2D eigenvalue weighted by molar-refractivity contribution is 7.16. The molecule has 0 aliphatic heterocycles. The van der Waals surface area contributed by atoms with Gasteiger partial charge >= 0.3 is 29.9 Å². The van der Waals surface area contributed by atoms with Gasteiger partial charge < -0.3 is 5.32 Å². The van der Waals surface area contributed by atoms with Crippen molar-refractivity contribution < 1.29 is 44.3 Å². The van der Waals surface area contributed by atoms with Crippen molar-refractivity contribution in [2.45, 2.75) is 44.2 Å². The van der Waals surface area contributed by atoms with E-state index in [9.17, 15) is 44.3 Å². The molecule has 3 nitrogen and oxygen atoms in total. The Labute approximate surface area is 144 Å². The summed E-state index contributed by atoms with van der Waals surface area (Å²) < 4.78 is 115. The van der Waals surface area contributed by atoms with E-state index in [1.807, 2.05) is 0 Å². The lowest BCUT2D eigenvalue weighted by molar-refractivity contribution is -0.388. The number of hydrogen-bond acceptors (Lipinski definition) is 3. The van der Waals surface area contributed by atoms with Crippen LogP contribution in [0.2, 0.25) is 0 Å². The summed E-state index contributed by atoms with van der Waals surface area (Å²) in [5.74, 6) is -23.7. The molecule has 0 atom stereocenters. The van der Waals surface area contributed by atoms with E-state index in [1.165, 1.54) is 13.0 Å². The maximum absolute atomic E-state index is 13.5. The molecule has 1 N–H and O–H groups in total. The fourth-order valence-corrected chi connectivity index (χ4v) is 3.00. The van der Waals surface area contributed by atoms with E-state index >= 15 is 0 Å². The largest absolute Gasteiger partial charge is 0.460 e. The number of nitrogens with one attached hydrogen (secondary N) is 1. The van der Waals surface area contributed by atoms with Gasteiger partial charge in [-0.15, -0.1) is 11.3 Å². The molecule has 13 heteroatoms. The summed E-state index contributed by atoms with van der Waals surface area (Å²) in [6, 6.07) is 1.52. The molecule has 1 heterocycles. The number of halogens is 9. The lowest BCUT2D eigenvalue weighted by Gasteiger charge is -2.32. The van der Waals surface area contributed by atoms with E-state index in [4.69, 9.17) is 5.26 Å². The van der Waals surface area contributed by atoms with Crippen molar-refractivity contribution in [3.05, 3.63) is 16.0 Å². The third-order valence-corrected chi connectivity index (χ3v) is 4.39. The molecule has 0 bridgehead atoms. The van der Waals surface area contributed by atoms with Gasteiger partial charge in [0.1, 0.15) is 11.1 Å². The molecule has 1 rings (SSSR count). The lowest BCUT2D eigenvalue weighted by atomic mass is 10.0. The topological polar surface area (TPSA) is 52.9 Å². The monoisotopic (exact) mass is 412 g/mol. The fourth-order valence-electron chi connectivity index (χ4n) is 1.91. The van der Waals surface area contributed by atoms with Crippen LogP contribution in [0.4, 0.5) is 44.5 Å². The fraction of sp³-hybridized carbons (Fsp3) is 0.538. The summed E-state index contributed by atoms with van der Waals surface area (Å²) in [5.41, 5.74) is -0.0893. The van der Waals surface area contributed by atoms with Crippen LogP contribution in [0.15, 0.2) is 0 Å². The first kappa shape index (κ1) is 22.1. The second kappa shape index (κ2) is 6.64. The highest BCUT2D eigenvalue weighted by atomic mass is 32.1. The maximum atomic E-state index is 13.5. The van der Waals surface area contributed by atoms with Crippen LogP contribution in [0.1, 0.15) is 22.9 Å². The highest BCUT2D eigenvalue weighted by Gasteiger charge is 2.83. The van der Waals surface area contributed by atoms with Crippen molar-refractivity contribution in [2.24, 2.45) is 0 Å². The van der Waals surface area contributed by atoms with Crippen LogP contribution >= 0.6 is 11.3 Å². The minimum atomic E-state index is -7.17. The average Bonchev–Trinajstić information content (AvgIpc) is 2.79. The molecular formula is C13H9F9N2OS. The van der Waals surface area contributed by atoms with Crippen LogP contribution in [0.5, 0.6) is 0 Å². The van der Waals surface area contributed by atoms with E-state index in [-0.39, 0.29) is 17.5 Å². The van der Waals surface area contributed by atoms with E-state index < -0.39 is 34.9 Å². The van der Waals surface area contributed by atoms with E-state index in [0.29, 0.717) is 16.2 Å². The maximum Gasteiger partial charge on any atom is 0.460 e. The number of nitriles is 1. The van der Waals surface area contributed by atoms with Crippen molar-refractivity contribution in [1.82, 2.24) is 0 Å². The second-order valence-electron chi connectivity index (χ2n) is 4.98. The van der Waals surface area contributed by atoms with Gasteiger partial charge in [-0.05, 0) is 18.9 Å². The molecule has 0 fully saturated rings. The first-order valence-electron chi connectivity index (χ1n) is 6.60. The zero-order valence-electron chi connectivity index (χ0n) is 12.9. The van der Waals surface area contributed by atoms with Gasteiger partial charge in [-0.1, -0.05) is 6.92 Å². The Kier molecular flexibility index (Phi) is 5.64. The van der Waals surface area contributed by atoms with Crippen molar-refractivity contribution >= 4 is 22.2 Å². The molecule has 0 spiro atoms. The minimum Gasteiger partial charge on any atom is -0.311 e. The smallest absolute Gasteiger partial charge is 0.311 e. The Bertz CT molecular complexity index is 746. The van der Waals surface area contributed by atoms with E-state index in [1.54, 1.807) is 6.92 Å². The van der Waals surface area contributed by atoms with Crippen LogP contribution < -0.4 is 5.32 Å². The van der Waals surface area contributed by atoms with Gasteiger partial charge in [0.05, 0.1) is 5.56 Å². The molecule has 1 aromatic rings. The van der Waals surface area contributed by atoms with E-state index in [0.717, 1.165) is 5.32 Å². The van der Waals surface area contributed by atoms with Gasteiger partial charge in [0, 0.05) is 4.88 Å². The number of thiophene rings is 1. The van der Waals surface area contributed by atoms with Crippen molar-refractivity contribution in [1.29, 1.82) is 5.26 Å². The molecule has 0 aliphatic carbocycles. The Morgan fingerprint density at radius 1 is 1.08 bits per heavy atom. The zero-order chi connectivity index (χ0) is 20.7. The van der Waals surface area contributed by atoms with Gasteiger partial charge in [-0.2, -0.15) is 44.8 Å². The number of carbonyl (C=O) groups excluding carboxylic acids is 1. The Morgan fingerprint density at radius 2 is 1.58 bits per heavy atom. The minimum absolute atomic E-state index is 0.194. The number of amides is 1. The Balaban J connectivity index is 3.31.